The summed E-state index contributed by atoms with van der Waals surface area (Å²) in [6.07, 6.45) is 0.491. The van der Waals surface area contributed by atoms with Crippen LogP contribution in [0.1, 0.15) is 29.8 Å². The Hall–Kier alpha value is -3.48. The molecule has 2 unspecified atom stereocenters. The van der Waals surface area contributed by atoms with Gasteiger partial charge >= 0.3 is 0 Å². The number of hydrogen-bond acceptors (Lipinski definition) is 4. The zero-order valence-corrected chi connectivity index (χ0v) is 15.8. The molecule has 0 saturated carbocycles. The number of H-pyrrole nitrogens is 1. The predicted octanol–water partition coefficient (Wildman–Crippen LogP) is 2.26. The fourth-order valence-electron chi connectivity index (χ4n) is 4.79. The Balaban J connectivity index is 1.60. The topological polar surface area (TPSA) is 83.7 Å². The van der Waals surface area contributed by atoms with Crippen molar-refractivity contribution in [1.82, 2.24) is 15.2 Å². The highest BCUT2D eigenvalue weighted by Crippen LogP contribution is 2.44. The zero-order chi connectivity index (χ0) is 19.7. The number of nitrogens with zero attached hydrogens (tertiary/aromatic N) is 1. The Morgan fingerprint density at radius 3 is 2.79 bits per heavy atom. The first-order valence-corrected chi connectivity index (χ1v) is 9.73. The molecule has 6 rings (SSSR count). The maximum atomic E-state index is 13.2. The van der Waals surface area contributed by atoms with Crippen molar-refractivity contribution in [3.63, 3.8) is 0 Å². The molecule has 2 amide bonds. The van der Waals surface area contributed by atoms with Gasteiger partial charge < -0.3 is 24.7 Å². The highest BCUT2D eigenvalue weighted by Gasteiger charge is 2.48. The minimum Gasteiger partial charge on any atom is -0.454 e. The van der Waals surface area contributed by atoms with Crippen molar-refractivity contribution < 1.29 is 19.1 Å². The lowest BCUT2D eigenvalue weighted by Crippen LogP contribution is -2.65. The number of carbonyl (C=O) groups excluding carboxylic acids is 2. The molecule has 0 aliphatic carbocycles. The van der Waals surface area contributed by atoms with E-state index in [0.717, 1.165) is 27.7 Å². The summed E-state index contributed by atoms with van der Waals surface area (Å²) in [5.74, 6) is 1.15. The standard InChI is InChI=1S/C22H19N3O4/c1-11-22(27)25-16(21(26)23-11)9-14-13-4-2-3-5-15(13)24-19(14)20(25)12-6-7-17-18(8-12)29-10-28-17/h2-8,11,16,20,24H,9-10H2,1H3,(H,23,26)/t11?,16-,20?/m1/s1. The van der Waals surface area contributed by atoms with E-state index in [0.29, 0.717) is 17.9 Å². The fourth-order valence-corrected chi connectivity index (χ4v) is 4.79. The third kappa shape index (κ3) is 2.24. The van der Waals surface area contributed by atoms with Crippen LogP contribution in [0.4, 0.5) is 0 Å². The van der Waals surface area contributed by atoms with Crippen molar-refractivity contribution in [2.75, 3.05) is 6.79 Å². The molecule has 1 aromatic heterocycles. The van der Waals surface area contributed by atoms with Gasteiger partial charge in [0.25, 0.3) is 0 Å². The van der Waals surface area contributed by atoms with Crippen LogP contribution in [0.3, 0.4) is 0 Å². The number of rotatable bonds is 1. The first-order chi connectivity index (χ1) is 14.1. The van der Waals surface area contributed by atoms with Crippen molar-refractivity contribution in [3.05, 3.63) is 59.3 Å². The van der Waals surface area contributed by atoms with Gasteiger partial charge in [-0.1, -0.05) is 24.3 Å². The van der Waals surface area contributed by atoms with E-state index in [9.17, 15) is 9.59 Å². The number of aromatic nitrogens is 1. The van der Waals surface area contributed by atoms with Crippen molar-refractivity contribution in [2.45, 2.75) is 31.5 Å². The number of ether oxygens (including phenoxy) is 2. The second-order valence-corrected chi connectivity index (χ2v) is 7.77. The second-order valence-electron chi connectivity index (χ2n) is 7.77. The molecule has 3 aliphatic heterocycles. The van der Waals surface area contributed by atoms with Crippen molar-refractivity contribution >= 4 is 22.7 Å². The van der Waals surface area contributed by atoms with Crippen LogP contribution in [-0.2, 0) is 16.0 Å². The first kappa shape index (κ1) is 16.5. The van der Waals surface area contributed by atoms with Crippen LogP contribution in [0.2, 0.25) is 0 Å². The average Bonchev–Trinajstić information content (AvgIpc) is 3.34. The minimum absolute atomic E-state index is 0.0819. The van der Waals surface area contributed by atoms with Crippen LogP contribution in [-0.4, -0.2) is 40.6 Å². The Kier molecular flexibility index (Phi) is 3.27. The summed E-state index contributed by atoms with van der Waals surface area (Å²) in [6.45, 7) is 1.92. The molecule has 7 nitrogen and oxygen atoms in total. The SMILES string of the molecule is CC1NC(=O)[C@H]2Cc3c([nH]c4ccccc34)C(c3ccc4c(c3)OCO4)N2C1=O. The maximum absolute atomic E-state index is 13.2. The number of piperazine rings is 1. The molecule has 7 heteroatoms. The maximum Gasteiger partial charge on any atom is 0.246 e. The van der Waals surface area contributed by atoms with E-state index < -0.39 is 18.1 Å². The van der Waals surface area contributed by atoms with E-state index in [-0.39, 0.29) is 18.6 Å². The van der Waals surface area contributed by atoms with Crippen LogP contribution >= 0.6 is 0 Å². The first-order valence-electron chi connectivity index (χ1n) is 9.73. The zero-order valence-electron chi connectivity index (χ0n) is 15.8. The molecule has 1 saturated heterocycles. The molecule has 146 valence electrons. The molecule has 2 N–H and O–H groups in total. The van der Waals surface area contributed by atoms with Crippen molar-refractivity contribution in [1.29, 1.82) is 0 Å². The smallest absolute Gasteiger partial charge is 0.246 e. The largest absolute Gasteiger partial charge is 0.454 e. The minimum atomic E-state index is -0.554. The summed E-state index contributed by atoms with van der Waals surface area (Å²) in [6, 6.07) is 12.3. The average molecular weight is 389 g/mol. The highest BCUT2D eigenvalue weighted by molar-refractivity contribution is 5.99. The molecular formula is C22H19N3O4. The van der Waals surface area contributed by atoms with E-state index in [1.54, 1.807) is 11.8 Å². The van der Waals surface area contributed by atoms with Crippen LogP contribution in [0.25, 0.3) is 10.9 Å². The number of aromatic amines is 1. The van der Waals surface area contributed by atoms with Gasteiger partial charge in [0.05, 0.1) is 6.04 Å². The summed E-state index contributed by atoms with van der Waals surface area (Å²) in [5, 5.41) is 3.92. The normalized spacial score (nSPS) is 25.0. The van der Waals surface area contributed by atoms with Gasteiger partial charge in [0.2, 0.25) is 18.6 Å². The highest BCUT2D eigenvalue weighted by atomic mass is 16.7. The number of fused-ring (bicyclic) bond motifs is 5. The summed E-state index contributed by atoms with van der Waals surface area (Å²) in [4.78, 5) is 31.3. The summed E-state index contributed by atoms with van der Waals surface area (Å²) >= 11 is 0. The van der Waals surface area contributed by atoms with Gasteiger partial charge in [0.1, 0.15) is 12.1 Å². The lowest BCUT2D eigenvalue weighted by Gasteiger charge is -2.45. The molecule has 3 aromatic rings. The Morgan fingerprint density at radius 1 is 1.07 bits per heavy atom. The van der Waals surface area contributed by atoms with Crippen molar-refractivity contribution in [3.8, 4) is 11.5 Å². The number of benzene rings is 2. The van der Waals surface area contributed by atoms with E-state index in [2.05, 4.69) is 16.4 Å². The van der Waals surface area contributed by atoms with E-state index in [1.165, 1.54) is 0 Å². The third-order valence-electron chi connectivity index (χ3n) is 6.13. The van der Waals surface area contributed by atoms with Gasteiger partial charge in [-0.05, 0) is 36.2 Å². The Bertz CT molecular complexity index is 1180. The van der Waals surface area contributed by atoms with Gasteiger partial charge in [-0.15, -0.1) is 0 Å². The van der Waals surface area contributed by atoms with Gasteiger partial charge in [-0.2, -0.15) is 0 Å². The summed E-state index contributed by atoms with van der Waals surface area (Å²) in [5.41, 5.74) is 3.93. The fraction of sp³-hybridized carbons (Fsp3) is 0.273. The Labute approximate surface area is 166 Å². The number of para-hydroxylation sites is 1. The molecule has 0 bridgehead atoms. The van der Waals surface area contributed by atoms with Crippen LogP contribution < -0.4 is 14.8 Å². The number of carbonyl (C=O) groups is 2. The lowest BCUT2D eigenvalue weighted by atomic mass is 9.85. The number of nitrogens with one attached hydrogen (secondary N) is 2. The van der Waals surface area contributed by atoms with E-state index in [4.69, 9.17) is 9.47 Å². The quantitative estimate of drug-likeness (QED) is 0.669. The second kappa shape index (κ2) is 5.76. The van der Waals surface area contributed by atoms with Crippen LogP contribution in [0.5, 0.6) is 11.5 Å². The lowest BCUT2D eigenvalue weighted by molar-refractivity contribution is -0.151. The molecule has 2 aromatic carbocycles. The molecule has 4 heterocycles. The van der Waals surface area contributed by atoms with E-state index in [1.807, 2.05) is 36.4 Å². The summed E-state index contributed by atoms with van der Waals surface area (Å²) in [7, 11) is 0. The molecule has 3 aliphatic rings. The molecule has 1 fully saturated rings. The number of amides is 2. The molecular weight excluding hydrogens is 370 g/mol. The molecule has 29 heavy (non-hydrogen) atoms. The van der Waals surface area contributed by atoms with Crippen LogP contribution in [0, 0.1) is 0 Å². The van der Waals surface area contributed by atoms with Gasteiger partial charge in [0, 0.05) is 23.0 Å². The van der Waals surface area contributed by atoms with Gasteiger partial charge in [-0.3, -0.25) is 9.59 Å². The molecule has 0 spiro atoms. The monoisotopic (exact) mass is 389 g/mol. The Morgan fingerprint density at radius 2 is 1.90 bits per heavy atom. The molecule has 0 radical (unpaired) electrons. The summed E-state index contributed by atoms with van der Waals surface area (Å²) < 4.78 is 11.0. The number of hydrogen-bond donors (Lipinski definition) is 2. The van der Waals surface area contributed by atoms with Gasteiger partial charge in [0.15, 0.2) is 11.5 Å². The van der Waals surface area contributed by atoms with Gasteiger partial charge in [-0.25, -0.2) is 0 Å². The van der Waals surface area contributed by atoms with E-state index >= 15 is 0 Å². The van der Waals surface area contributed by atoms with Crippen molar-refractivity contribution in [2.24, 2.45) is 0 Å². The third-order valence-corrected chi connectivity index (χ3v) is 6.13. The predicted molar refractivity (Wildman–Crippen MR) is 105 cm³/mol. The molecule has 3 atom stereocenters. The van der Waals surface area contributed by atoms with Crippen LogP contribution in [0.15, 0.2) is 42.5 Å².